The molecule has 0 saturated heterocycles. The third-order valence-corrected chi connectivity index (χ3v) is 6.94. The van der Waals surface area contributed by atoms with Crippen LogP contribution in [-0.4, -0.2) is 25.2 Å². The van der Waals surface area contributed by atoms with Gasteiger partial charge in [0.05, 0.1) is 13.2 Å². The lowest BCUT2D eigenvalue weighted by Gasteiger charge is -2.11. The summed E-state index contributed by atoms with van der Waals surface area (Å²) in [5.74, 6) is 0.603. The van der Waals surface area contributed by atoms with Crippen LogP contribution in [0, 0.1) is 5.92 Å². The minimum Gasteiger partial charge on any atom is -0.466 e. The molecule has 0 spiro atoms. The van der Waals surface area contributed by atoms with Gasteiger partial charge in [0, 0.05) is 12.8 Å². The van der Waals surface area contributed by atoms with Crippen molar-refractivity contribution in [3.8, 4) is 0 Å². The van der Waals surface area contributed by atoms with E-state index < -0.39 is 0 Å². The van der Waals surface area contributed by atoms with Gasteiger partial charge in [-0.3, -0.25) is 9.59 Å². The summed E-state index contributed by atoms with van der Waals surface area (Å²) in [4.78, 5) is 23.5. The second-order valence-corrected chi connectivity index (χ2v) is 10.6. The number of unbranched alkanes of at least 4 members (excludes halogenated alkanes) is 16. The highest BCUT2D eigenvalue weighted by Gasteiger charge is 2.08. The van der Waals surface area contributed by atoms with Gasteiger partial charge in [0.1, 0.15) is 0 Å². The number of hydrogen-bond acceptors (Lipinski definition) is 4. The molecule has 0 rings (SSSR count). The topological polar surface area (TPSA) is 52.6 Å². The molecular formula is C31H60O4. The van der Waals surface area contributed by atoms with Crippen LogP contribution in [0.5, 0.6) is 0 Å². The molecule has 0 fully saturated rings. The molecule has 1 atom stereocenters. The predicted molar refractivity (Wildman–Crippen MR) is 149 cm³/mol. The Morgan fingerprint density at radius 3 is 1.37 bits per heavy atom. The van der Waals surface area contributed by atoms with Crippen LogP contribution in [0.2, 0.25) is 0 Å². The molecule has 0 heterocycles. The Kier molecular flexibility index (Phi) is 26.7. The lowest BCUT2D eigenvalue weighted by Crippen LogP contribution is -2.08. The molecule has 0 aliphatic carbocycles. The van der Waals surface area contributed by atoms with Gasteiger partial charge in [-0.15, -0.1) is 0 Å². The molecule has 0 amide bonds. The zero-order valence-electron chi connectivity index (χ0n) is 23.9. The van der Waals surface area contributed by atoms with Gasteiger partial charge in [0.15, 0.2) is 0 Å². The van der Waals surface area contributed by atoms with E-state index >= 15 is 0 Å². The molecule has 0 saturated carbocycles. The third kappa shape index (κ3) is 27.4. The van der Waals surface area contributed by atoms with Gasteiger partial charge in [-0.1, -0.05) is 130 Å². The van der Waals surface area contributed by atoms with Crippen LogP contribution in [-0.2, 0) is 19.1 Å². The number of carbonyl (C=O) groups excluding carboxylic acids is 2. The van der Waals surface area contributed by atoms with E-state index in [1.54, 1.807) is 0 Å². The predicted octanol–water partition coefficient (Wildman–Crippen LogP) is 9.72. The monoisotopic (exact) mass is 496 g/mol. The van der Waals surface area contributed by atoms with Crippen molar-refractivity contribution in [3.63, 3.8) is 0 Å². The summed E-state index contributed by atoms with van der Waals surface area (Å²) in [6.07, 6.45) is 26.6. The van der Waals surface area contributed by atoms with Crippen molar-refractivity contribution in [3.05, 3.63) is 0 Å². The second kappa shape index (κ2) is 27.5. The number of rotatable bonds is 27. The van der Waals surface area contributed by atoms with Crippen molar-refractivity contribution >= 4 is 11.9 Å². The third-order valence-electron chi connectivity index (χ3n) is 6.94. The highest BCUT2D eigenvalue weighted by atomic mass is 16.5. The van der Waals surface area contributed by atoms with Gasteiger partial charge in [-0.05, 0) is 31.6 Å². The van der Waals surface area contributed by atoms with Crippen LogP contribution in [0.15, 0.2) is 0 Å². The average Bonchev–Trinajstić information content (AvgIpc) is 2.85. The van der Waals surface area contributed by atoms with Gasteiger partial charge in [0.2, 0.25) is 0 Å². The van der Waals surface area contributed by atoms with Crippen molar-refractivity contribution in [1.29, 1.82) is 0 Å². The van der Waals surface area contributed by atoms with Crippen LogP contribution in [0.25, 0.3) is 0 Å². The summed E-state index contributed by atoms with van der Waals surface area (Å²) < 4.78 is 10.6. The van der Waals surface area contributed by atoms with E-state index in [9.17, 15) is 9.59 Å². The van der Waals surface area contributed by atoms with Gasteiger partial charge in [0.25, 0.3) is 0 Å². The highest BCUT2D eigenvalue weighted by molar-refractivity contribution is 5.69. The van der Waals surface area contributed by atoms with Gasteiger partial charge >= 0.3 is 11.9 Å². The molecule has 1 unspecified atom stereocenters. The first-order valence-electron chi connectivity index (χ1n) is 15.4. The maximum Gasteiger partial charge on any atom is 0.305 e. The molecule has 208 valence electrons. The normalized spacial score (nSPS) is 12.0. The van der Waals surface area contributed by atoms with Crippen LogP contribution in [0.4, 0.5) is 0 Å². The smallest absolute Gasteiger partial charge is 0.305 e. The minimum atomic E-state index is -0.0102. The average molecular weight is 497 g/mol. The highest BCUT2D eigenvalue weighted by Crippen LogP contribution is 2.17. The van der Waals surface area contributed by atoms with Crippen LogP contribution in [0.3, 0.4) is 0 Å². The van der Waals surface area contributed by atoms with Gasteiger partial charge in [-0.2, -0.15) is 0 Å². The summed E-state index contributed by atoms with van der Waals surface area (Å²) in [6.45, 7) is 7.86. The van der Waals surface area contributed by atoms with Crippen molar-refractivity contribution in [2.45, 2.75) is 168 Å². The Morgan fingerprint density at radius 1 is 0.486 bits per heavy atom. The molecule has 0 aromatic carbocycles. The zero-order chi connectivity index (χ0) is 25.8. The number of ether oxygens (including phenoxy) is 2. The largest absolute Gasteiger partial charge is 0.466 e. The Balaban J connectivity index is 3.29. The lowest BCUT2D eigenvalue weighted by molar-refractivity contribution is -0.144. The molecule has 0 aliphatic heterocycles. The SMILES string of the molecule is CCCCCCOC(=O)CCCCCCCCCCCCCC(C)CCC(=O)OCCCCCC. The van der Waals surface area contributed by atoms with Crippen molar-refractivity contribution in [2.24, 2.45) is 5.92 Å². The molecule has 0 radical (unpaired) electrons. The quantitative estimate of drug-likeness (QED) is 0.0838. The van der Waals surface area contributed by atoms with Crippen LogP contribution in [0.1, 0.15) is 168 Å². The minimum absolute atomic E-state index is 0.00781. The Bertz CT molecular complexity index is 463. The molecule has 0 N–H and O–H groups in total. The fourth-order valence-corrected chi connectivity index (χ4v) is 4.44. The molecule has 0 aromatic rings. The molecule has 4 nitrogen and oxygen atoms in total. The van der Waals surface area contributed by atoms with Crippen molar-refractivity contribution < 1.29 is 19.1 Å². The van der Waals surface area contributed by atoms with E-state index in [1.165, 1.54) is 103 Å². The fraction of sp³-hybridized carbons (Fsp3) is 0.935. The Hall–Kier alpha value is -1.06. The molecular weight excluding hydrogens is 436 g/mol. The van der Waals surface area contributed by atoms with Gasteiger partial charge in [-0.25, -0.2) is 0 Å². The van der Waals surface area contributed by atoms with Crippen LogP contribution >= 0.6 is 0 Å². The molecule has 0 bridgehead atoms. The summed E-state index contributed by atoms with van der Waals surface area (Å²) in [5.41, 5.74) is 0. The number of hydrogen-bond donors (Lipinski definition) is 0. The van der Waals surface area contributed by atoms with E-state index in [2.05, 4.69) is 20.8 Å². The maximum atomic E-state index is 11.8. The van der Waals surface area contributed by atoms with Crippen molar-refractivity contribution in [2.75, 3.05) is 13.2 Å². The van der Waals surface area contributed by atoms with E-state index in [-0.39, 0.29) is 11.9 Å². The first kappa shape index (κ1) is 33.9. The lowest BCUT2D eigenvalue weighted by atomic mass is 9.97. The van der Waals surface area contributed by atoms with Crippen molar-refractivity contribution in [1.82, 2.24) is 0 Å². The van der Waals surface area contributed by atoms with Gasteiger partial charge < -0.3 is 9.47 Å². The first-order valence-corrected chi connectivity index (χ1v) is 15.4. The first-order chi connectivity index (χ1) is 17.1. The van der Waals surface area contributed by atoms with E-state index in [1.807, 2.05) is 0 Å². The van der Waals surface area contributed by atoms with E-state index in [4.69, 9.17) is 9.47 Å². The zero-order valence-corrected chi connectivity index (χ0v) is 23.9. The number of carbonyl (C=O) groups is 2. The summed E-state index contributed by atoms with van der Waals surface area (Å²) in [5, 5.41) is 0. The summed E-state index contributed by atoms with van der Waals surface area (Å²) in [7, 11) is 0. The standard InChI is InChI=1S/C31H60O4/c1-4-6-8-21-27-34-30(32)24-20-18-16-14-12-10-11-13-15-17-19-23-29(3)25-26-31(33)35-28-22-9-7-5-2/h29H,4-28H2,1-3H3. The summed E-state index contributed by atoms with van der Waals surface area (Å²) in [6, 6.07) is 0. The van der Waals surface area contributed by atoms with Crippen LogP contribution < -0.4 is 0 Å². The molecule has 35 heavy (non-hydrogen) atoms. The number of esters is 2. The Morgan fingerprint density at radius 2 is 0.886 bits per heavy atom. The molecule has 0 aliphatic rings. The van der Waals surface area contributed by atoms with E-state index in [0.717, 1.165) is 32.1 Å². The maximum absolute atomic E-state index is 11.8. The Labute approximate surface area is 218 Å². The second-order valence-electron chi connectivity index (χ2n) is 10.6. The van der Waals surface area contributed by atoms with E-state index in [0.29, 0.717) is 32.0 Å². The molecule has 0 aromatic heterocycles. The summed E-state index contributed by atoms with van der Waals surface area (Å²) >= 11 is 0. The molecule has 4 heteroatoms. The fourth-order valence-electron chi connectivity index (χ4n) is 4.44.